The van der Waals surface area contributed by atoms with E-state index in [4.69, 9.17) is 4.74 Å². The summed E-state index contributed by atoms with van der Waals surface area (Å²) in [5.74, 6) is 1.43. The van der Waals surface area contributed by atoms with Crippen LogP contribution in [0.4, 0.5) is 5.69 Å². The minimum Gasteiger partial charge on any atom is -0.494 e. The number of unbranched alkanes of at least 4 members (excludes halogenated alkanes) is 1. The van der Waals surface area contributed by atoms with Crippen molar-refractivity contribution in [2.45, 2.75) is 30.6 Å². The third kappa shape index (κ3) is 4.74. The molecule has 5 rings (SSSR count). The number of anilines is 1. The second-order valence-corrected chi connectivity index (χ2v) is 10.2. The molecule has 1 saturated heterocycles. The van der Waals surface area contributed by atoms with Crippen LogP contribution in [0, 0.1) is 0 Å². The molecule has 0 bridgehead atoms. The van der Waals surface area contributed by atoms with Gasteiger partial charge >= 0.3 is 0 Å². The quantitative estimate of drug-likeness (QED) is 0.655. The van der Waals surface area contributed by atoms with Crippen LogP contribution in [-0.4, -0.2) is 69.3 Å². The van der Waals surface area contributed by atoms with Crippen LogP contribution < -0.4 is 10.1 Å². The Morgan fingerprint density at radius 1 is 1.00 bits per heavy atom. The number of piperazine rings is 1. The predicted octanol–water partition coefficient (Wildman–Crippen LogP) is 2.50. The molecule has 1 amide bonds. The summed E-state index contributed by atoms with van der Waals surface area (Å²) in [5.41, 5.74) is 2.74. The number of nitrogens with zero attached hydrogens (tertiary/aromatic N) is 3. The van der Waals surface area contributed by atoms with E-state index in [1.54, 1.807) is 12.1 Å². The van der Waals surface area contributed by atoms with Crippen LogP contribution >= 0.6 is 0 Å². The van der Waals surface area contributed by atoms with Crippen molar-refractivity contribution in [3.05, 3.63) is 53.6 Å². The van der Waals surface area contributed by atoms with Crippen LogP contribution in [0.15, 0.2) is 51.8 Å². The van der Waals surface area contributed by atoms with E-state index in [-0.39, 0.29) is 5.91 Å². The maximum absolute atomic E-state index is 12.3. The minimum absolute atomic E-state index is 0.0607. The van der Waals surface area contributed by atoms with Crippen LogP contribution in [-0.2, 0) is 21.2 Å². The molecule has 0 radical (unpaired) electrons. The number of ether oxygens (including phenoxy) is 1. The largest absolute Gasteiger partial charge is 0.494 e. The van der Waals surface area contributed by atoms with E-state index in [1.807, 2.05) is 30.3 Å². The van der Waals surface area contributed by atoms with Gasteiger partial charge in [-0.1, -0.05) is 18.2 Å². The summed E-state index contributed by atoms with van der Waals surface area (Å²) in [4.78, 5) is 16.4. The highest BCUT2D eigenvalue weighted by Gasteiger charge is 2.32. The molecule has 1 fully saturated rings. The Bertz CT molecular complexity index is 1190. The Balaban J connectivity index is 1.05. The molecule has 3 aliphatic heterocycles. The molecule has 0 atom stereocenters. The van der Waals surface area contributed by atoms with Gasteiger partial charge in [-0.05, 0) is 49.6 Å². The number of amides is 1. The first-order valence-corrected chi connectivity index (χ1v) is 12.9. The molecule has 0 spiro atoms. The summed E-state index contributed by atoms with van der Waals surface area (Å²) < 4.78 is 34.5. The topological polar surface area (TPSA) is 91.3 Å². The number of carbonyl (C=O) groups excluding carboxylic acids is 1. The van der Waals surface area contributed by atoms with Crippen LogP contribution in [0.1, 0.15) is 30.4 Å². The Morgan fingerprint density at radius 2 is 1.82 bits per heavy atom. The van der Waals surface area contributed by atoms with E-state index in [0.717, 1.165) is 69.0 Å². The number of fused-ring (bicyclic) bond motifs is 2. The molecule has 0 aliphatic carbocycles. The Labute approximate surface area is 194 Å². The predicted molar refractivity (Wildman–Crippen MR) is 126 cm³/mol. The molecule has 174 valence electrons. The van der Waals surface area contributed by atoms with Gasteiger partial charge in [0.15, 0.2) is 5.84 Å². The van der Waals surface area contributed by atoms with Crippen LogP contribution in [0.2, 0.25) is 0 Å². The summed E-state index contributed by atoms with van der Waals surface area (Å²) in [6, 6.07) is 13.0. The lowest BCUT2D eigenvalue weighted by atomic mass is 10.0. The minimum atomic E-state index is -3.57. The van der Waals surface area contributed by atoms with Crippen LogP contribution in [0.25, 0.3) is 0 Å². The molecule has 8 nitrogen and oxygen atoms in total. The van der Waals surface area contributed by atoms with E-state index in [1.165, 1.54) is 0 Å². The maximum atomic E-state index is 12.3. The van der Waals surface area contributed by atoms with Gasteiger partial charge in [-0.15, -0.1) is 4.40 Å². The normalized spacial score (nSPS) is 19.5. The first-order chi connectivity index (χ1) is 16.0. The number of hydrogen-bond acceptors (Lipinski definition) is 6. The summed E-state index contributed by atoms with van der Waals surface area (Å²) in [6.07, 6.45) is 3.30. The number of benzene rings is 2. The van der Waals surface area contributed by atoms with Gasteiger partial charge in [-0.2, -0.15) is 8.42 Å². The van der Waals surface area contributed by atoms with Gasteiger partial charge in [0.25, 0.3) is 10.0 Å². The van der Waals surface area contributed by atoms with Crippen molar-refractivity contribution in [3.63, 3.8) is 0 Å². The molecule has 33 heavy (non-hydrogen) atoms. The average Bonchev–Trinajstić information content (AvgIpc) is 3.10. The van der Waals surface area contributed by atoms with Gasteiger partial charge in [0.1, 0.15) is 10.6 Å². The molecule has 0 unspecified atom stereocenters. The Kier molecular flexibility index (Phi) is 6.07. The molecule has 3 aliphatic rings. The van der Waals surface area contributed by atoms with Gasteiger partial charge < -0.3 is 15.0 Å². The highest BCUT2D eigenvalue weighted by Crippen LogP contribution is 2.28. The van der Waals surface area contributed by atoms with E-state index in [2.05, 4.69) is 19.5 Å². The van der Waals surface area contributed by atoms with Crippen molar-refractivity contribution >= 4 is 27.5 Å². The average molecular weight is 469 g/mol. The molecule has 3 heterocycles. The van der Waals surface area contributed by atoms with Gasteiger partial charge in [0.2, 0.25) is 5.91 Å². The van der Waals surface area contributed by atoms with E-state index in [0.29, 0.717) is 29.3 Å². The summed E-state index contributed by atoms with van der Waals surface area (Å²) in [5, 5.41) is 2.91. The van der Waals surface area contributed by atoms with Crippen molar-refractivity contribution in [2.75, 3.05) is 44.6 Å². The highest BCUT2D eigenvalue weighted by atomic mass is 32.2. The number of nitrogens with one attached hydrogen (secondary N) is 1. The third-order valence-electron chi connectivity index (χ3n) is 6.40. The maximum Gasteiger partial charge on any atom is 0.285 e. The third-order valence-corrected chi connectivity index (χ3v) is 7.72. The van der Waals surface area contributed by atoms with E-state index >= 15 is 0 Å². The molecule has 2 aromatic rings. The lowest BCUT2D eigenvalue weighted by molar-refractivity contribution is -0.116. The second-order valence-electron chi connectivity index (χ2n) is 8.64. The number of hydrogen-bond donors (Lipinski definition) is 1. The first-order valence-electron chi connectivity index (χ1n) is 11.5. The number of carbonyl (C=O) groups is 1. The van der Waals surface area contributed by atoms with Crippen LogP contribution in [0.3, 0.4) is 0 Å². The Hall–Kier alpha value is -2.91. The number of aryl methyl sites for hydroxylation is 1. The molecular weight excluding hydrogens is 440 g/mol. The number of sulfonamides is 1. The molecule has 0 aromatic heterocycles. The van der Waals surface area contributed by atoms with Gasteiger partial charge in [-0.25, -0.2) is 0 Å². The van der Waals surface area contributed by atoms with Crippen molar-refractivity contribution in [1.29, 1.82) is 0 Å². The zero-order valence-electron chi connectivity index (χ0n) is 18.5. The summed E-state index contributed by atoms with van der Waals surface area (Å²) in [7, 11) is -3.57. The molecular formula is C24H28N4O4S. The first kappa shape index (κ1) is 21.9. The summed E-state index contributed by atoms with van der Waals surface area (Å²) >= 11 is 0. The fraction of sp³-hybridized carbons (Fsp3) is 0.417. The van der Waals surface area contributed by atoms with E-state index < -0.39 is 10.0 Å². The molecule has 2 aromatic carbocycles. The van der Waals surface area contributed by atoms with Crippen molar-refractivity contribution in [3.8, 4) is 5.75 Å². The SMILES string of the molecule is O=C1CCc2ccc(OCCCCN3CCN(C4=NS(=O)(=O)c5ccccc54)CC3)cc2N1. The lowest BCUT2D eigenvalue weighted by Crippen LogP contribution is -2.48. The second kappa shape index (κ2) is 9.15. The zero-order valence-corrected chi connectivity index (χ0v) is 19.3. The van der Waals surface area contributed by atoms with Crippen molar-refractivity contribution in [2.24, 2.45) is 4.40 Å². The highest BCUT2D eigenvalue weighted by molar-refractivity contribution is 7.90. The Morgan fingerprint density at radius 3 is 2.67 bits per heavy atom. The molecule has 9 heteroatoms. The van der Waals surface area contributed by atoms with Gasteiger partial charge in [0.05, 0.1) is 6.61 Å². The smallest absolute Gasteiger partial charge is 0.285 e. The zero-order chi connectivity index (χ0) is 22.8. The monoisotopic (exact) mass is 468 g/mol. The van der Waals surface area contributed by atoms with E-state index in [9.17, 15) is 13.2 Å². The lowest BCUT2D eigenvalue weighted by Gasteiger charge is -2.35. The van der Waals surface area contributed by atoms with Gasteiger partial charge in [0, 0.05) is 49.9 Å². The molecule has 0 saturated carbocycles. The fourth-order valence-electron chi connectivity index (χ4n) is 4.57. The fourth-order valence-corrected chi connectivity index (χ4v) is 5.80. The van der Waals surface area contributed by atoms with Crippen molar-refractivity contribution in [1.82, 2.24) is 9.80 Å². The number of amidine groups is 1. The van der Waals surface area contributed by atoms with Crippen molar-refractivity contribution < 1.29 is 17.9 Å². The standard InChI is InChI=1S/C24H28N4O4S/c29-23-10-8-18-7-9-19(17-21(18)25-23)32-16-4-3-11-27-12-14-28(15-13-27)24-20-5-1-2-6-22(20)33(30,31)26-24/h1-2,5-7,9,17H,3-4,8,10-16H2,(H,25,29). The number of rotatable bonds is 6. The summed E-state index contributed by atoms with van der Waals surface area (Å²) in [6.45, 7) is 4.91. The molecule has 1 N–H and O–H groups in total. The van der Waals surface area contributed by atoms with Gasteiger partial charge in [-0.3, -0.25) is 9.69 Å². The van der Waals surface area contributed by atoms with Crippen LogP contribution in [0.5, 0.6) is 5.75 Å².